The second-order valence-electron chi connectivity index (χ2n) is 13.2. The van der Waals surface area contributed by atoms with Crippen molar-refractivity contribution in [2.24, 2.45) is 0 Å². The first-order valence-electron chi connectivity index (χ1n) is 16.9. The van der Waals surface area contributed by atoms with E-state index < -0.39 is 0 Å². The fourth-order valence-electron chi connectivity index (χ4n) is 8.45. The molecule has 49 heavy (non-hydrogen) atoms. The summed E-state index contributed by atoms with van der Waals surface area (Å²) in [5, 5.41) is 18.2. The van der Waals surface area contributed by atoms with E-state index in [2.05, 4.69) is 170 Å². The van der Waals surface area contributed by atoms with Crippen molar-refractivity contribution in [3.63, 3.8) is 0 Å². The van der Waals surface area contributed by atoms with E-state index in [1.54, 1.807) is 0 Å². The molecule has 0 bridgehead atoms. The number of rotatable bonds is 2. The van der Waals surface area contributed by atoms with Crippen LogP contribution in [0.2, 0.25) is 0 Å². The molecule has 0 aliphatic rings. The number of thiophene rings is 1. The van der Waals surface area contributed by atoms with Crippen LogP contribution < -0.4 is 0 Å². The van der Waals surface area contributed by atoms with Crippen molar-refractivity contribution < 1.29 is 0 Å². The zero-order valence-electron chi connectivity index (χ0n) is 26.6. The van der Waals surface area contributed by atoms with Crippen LogP contribution in [-0.2, 0) is 0 Å². The highest BCUT2D eigenvalue weighted by Gasteiger charge is 2.18. The lowest BCUT2D eigenvalue weighted by Crippen LogP contribution is -1.90. The Bertz CT molecular complexity index is 3150. The summed E-state index contributed by atoms with van der Waals surface area (Å²) in [4.78, 5) is 0. The lowest BCUT2D eigenvalue weighted by Gasteiger charge is -2.18. The van der Waals surface area contributed by atoms with Crippen LogP contribution >= 0.6 is 11.3 Å². The molecule has 0 saturated heterocycles. The second-order valence-corrected chi connectivity index (χ2v) is 14.2. The van der Waals surface area contributed by atoms with Gasteiger partial charge < -0.3 is 0 Å². The highest BCUT2D eigenvalue weighted by Crippen LogP contribution is 2.47. The van der Waals surface area contributed by atoms with Gasteiger partial charge in [-0.1, -0.05) is 146 Å². The van der Waals surface area contributed by atoms with Gasteiger partial charge in [0.05, 0.1) is 0 Å². The molecule has 11 rings (SSSR count). The Morgan fingerprint density at radius 1 is 0.265 bits per heavy atom. The highest BCUT2D eigenvalue weighted by atomic mass is 32.1. The SMILES string of the molecule is c1ccc(-c2cc3c4cc(-c5cccc6c5sc5ccccc56)ccc4c4ccccc4c4cccc5c6ccccc6c(c2)c3c45)cc1. The highest BCUT2D eigenvalue weighted by molar-refractivity contribution is 7.26. The summed E-state index contributed by atoms with van der Waals surface area (Å²) < 4.78 is 2.68. The zero-order valence-corrected chi connectivity index (χ0v) is 27.4. The van der Waals surface area contributed by atoms with Crippen molar-refractivity contribution in [3.05, 3.63) is 170 Å². The van der Waals surface area contributed by atoms with Crippen molar-refractivity contribution in [1.29, 1.82) is 0 Å². The van der Waals surface area contributed by atoms with Crippen LogP contribution in [0.3, 0.4) is 0 Å². The van der Waals surface area contributed by atoms with E-state index in [0.717, 1.165) is 0 Å². The zero-order chi connectivity index (χ0) is 32.1. The first-order valence-corrected chi connectivity index (χ1v) is 17.7. The predicted molar refractivity (Wildman–Crippen MR) is 215 cm³/mol. The second kappa shape index (κ2) is 10.2. The van der Waals surface area contributed by atoms with E-state index >= 15 is 0 Å². The van der Waals surface area contributed by atoms with Crippen LogP contribution in [0.25, 0.3) is 107 Å². The van der Waals surface area contributed by atoms with E-state index in [-0.39, 0.29) is 0 Å². The Morgan fingerprint density at radius 3 is 1.49 bits per heavy atom. The predicted octanol–water partition coefficient (Wildman–Crippen LogP) is 14.3. The van der Waals surface area contributed by atoms with Crippen LogP contribution in [0.4, 0.5) is 0 Å². The van der Waals surface area contributed by atoms with Crippen molar-refractivity contribution in [2.75, 3.05) is 0 Å². The lowest BCUT2D eigenvalue weighted by molar-refractivity contribution is 1.66. The third kappa shape index (κ3) is 3.85. The van der Waals surface area contributed by atoms with Gasteiger partial charge in [0.25, 0.3) is 0 Å². The largest absolute Gasteiger partial charge is 0.135 e. The van der Waals surface area contributed by atoms with Gasteiger partial charge >= 0.3 is 0 Å². The van der Waals surface area contributed by atoms with Gasteiger partial charge in [0, 0.05) is 20.2 Å². The molecular formula is C48H28S. The smallest absolute Gasteiger partial charge is 0.0433 e. The maximum atomic E-state index is 2.48. The van der Waals surface area contributed by atoms with Gasteiger partial charge in [-0.2, -0.15) is 0 Å². The Kier molecular flexibility index (Phi) is 5.64. The maximum Gasteiger partial charge on any atom is 0.0433 e. The minimum absolute atomic E-state index is 1.23. The van der Waals surface area contributed by atoms with E-state index in [9.17, 15) is 0 Å². The molecule has 0 aliphatic heterocycles. The molecule has 0 saturated carbocycles. The van der Waals surface area contributed by atoms with E-state index in [0.29, 0.717) is 0 Å². The molecule has 0 radical (unpaired) electrons. The van der Waals surface area contributed by atoms with Gasteiger partial charge in [0.2, 0.25) is 0 Å². The number of benzene rings is 9. The average Bonchev–Trinajstić information content (AvgIpc) is 3.56. The fourth-order valence-corrected chi connectivity index (χ4v) is 9.69. The molecule has 0 N–H and O–H groups in total. The molecule has 11 aromatic rings. The first-order chi connectivity index (χ1) is 24.3. The van der Waals surface area contributed by atoms with Crippen LogP contribution in [0, 0.1) is 0 Å². The first kappa shape index (κ1) is 27.0. The van der Waals surface area contributed by atoms with Crippen molar-refractivity contribution in [3.8, 4) is 22.3 Å². The summed E-state index contributed by atoms with van der Waals surface area (Å²) in [5.74, 6) is 0. The van der Waals surface area contributed by atoms with Crippen LogP contribution in [0.1, 0.15) is 0 Å². The quantitative estimate of drug-likeness (QED) is 0.166. The third-order valence-electron chi connectivity index (χ3n) is 10.6. The van der Waals surface area contributed by atoms with Crippen molar-refractivity contribution in [1.82, 2.24) is 0 Å². The topological polar surface area (TPSA) is 0 Å². The molecule has 1 heterocycles. The Balaban J connectivity index is 1.40. The Morgan fingerprint density at radius 2 is 0.755 bits per heavy atom. The minimum Gasteiger partial charge on any atom is -0.135 e. The minimum atomic E-state index is 1.23. The number of hydrogen-bond acceptors (Lipinski definition) is 1. The van der Waals surface area contributed by atoms with Crippen molar-refractivity contribution >= 4 is 96.1 Å². The maximum absolute atomic E-state index is 2.48. The van der Waals surface area contributed by atoms with Gasteiger partial charge in [-0.3, -0.25) is 0 Å². The standard InChI is InChI=1S/C48H28S/c1-2-12-29(13-3-1)31-27-43-36-17-7-6-16-35(36)40-21-11-20-39-34-15-5-4-14-33(34)37-25-24-30(26-42(37)44(28-31)47(43)46(39)40)32-19-10-22-41-38-18-8-9-23-45(38)49-48(32)41/h1-28H. The van der Waals surface area contributed by atoms with Gasteiger partial charge in [-0.05, 0) is 111 Å². The summed E-state index contributed by atoms with van der Waals surface area (Å²) in [5.41, 5.74) is 5.00. The van der Waals surface area contributed by atoms with Crippen molar-refractivity contribution in [2.45, 2.75) is 0 Å². The van der Waals surface area contributed by atoms with Crippen LogP contribution in [-0.4, -0.2) is 0 Å². The summed E-state index contributed by atoms with van der Waals surface area (Å²) in [6, 6.07) is 63.4. The molecule has 226 valence electrons. The summed E-state index contributed by atoms with van der Waals surface area (Å²) in [6.45, 7) is 0. The van der Waals surface area contributed by atoms with E-state index in [1.807, 2.05) is 11.3 Å². The molecule has 0 unspecified atom stereocenters. The summed E-state index contributed by atoms with van der Waals surface area (Å²) >= 11 is 1.90. The van der Waals surface area contributed by atoms with E-state index in [1.165, 1.54) is 107 Å². The third-order valence-corrected chi connectivity index (χ3v) is 11.8. The molecule has 1 heteroatoms. The van der Waals surface area contributed by atoms with Gasteiger partial charge in [0.1, 0.15) is 0 Å². The van der Waals surface area contributed by atoms with Gasteiger partial charge in [0.15, 0.2) is 0 Å². The number of fused-ring (bicyclic) bond motifs is 11. The molecule has 0 spiro atoms. The molecule has 10 aromatic carbocycles. The lowest BCUT2D eigenvalue weighted by atomic mass is 9.85. The van der Waals surface area contributed by atoms with Crippen LogP contribution in [0.5, 0.6) is 0 Å². The Labute approximate surface area is 287 Å². The molecule has 0 atom stereocenters. The molecular weight excluding hydrogens is 609 g/mol. The summed E-state index contributed by atoms with van der Waals surface area (Å²) in [7, 11) is 0. The molecule has 0 nitrogen and oxygen atoms in total. The molecule has 0 amide bonds. The molecule has 1 aromatic heterocycles. The monoisotopic (exact) mass is 636 g/mol. The van der Waals surface area contributed by atoms with Crippen LogP contribution in [0.15, 0.2) is 170 Å². The molecule has 0 fully saturated rings. The fraction of sp³-hybridized carbons (Fsp3) is 0. The van der Waals surface area contributed by atoms with Gasteiger partial charge in [-0.15, -0.1) is 11.3 Å². The normalized spacial score (nSPS) is 12.1. The van der Waals surface area contributed by atoms with E-state index in [4.69, 9.17) is 0 Å². The Hall–Kier alpha value is -6.02. The molecule has 0 aliphatic carbocycles. The average molecular weight is 637 g/mol. The van der Waals surface area contributed by atoms with Gasteiger partial charge in [-0.25, -0.2) is 0 Å². The summed E-state index contributed by atoms with van der Waals surface area (Å²) in [6.07, 6.45) is 0. The number of hydrogen-bond donors (Lipinski definition) is 0.